The lowest BCUT2D eigenvalue weighted by molar-refractivity contribution is -0.123. The van der Waals surface area contributed by atoms with Crippen molar-refractivity contribution in [2.75, 3.05) is 24.3 Å². The van der Waals surface area contributed by atoms with Crippen LogP contribution in [0.15, 0.2) is 84.9 Å². The van der Waals surface area contributed by atoms with Crippen LogP contribution in [0.5, 0.6) is 0 Å². The van der Waals surface area contributed by atoms with Gasteiger partial charge in [-0.1, -0.05) is 42.5 Å². The van der Waals surface area contributed by atoms with Gasteiger partial charge in [-0.25, -0.2) is 5.48 Å². The third-order valence-corrected chi connectivity index (χ3v) is 5.27. The van der Waals surface area contributed by atoms with E-state index in [1.54, 1.807) is 23.7 Å². The van der Waals surface area contributed by atoms with Crippen LogP contribution in [-0.2, 0) is 16.0 Å². The summed E-state index contributed by atoms with van der Waals surface area (Å²) in [6, 6.07) is 22.3. The van der Waals surface area contributed by atoms with E-state index >= 15 is 0 Å². The summed E-state index contributed by atoms with van der Waals surface area (Å²) in [7, 11) is 3.91. The Morgan fingerprint density at radius 2 is 1.57 bits per heavy atom. The van der Waals surface area contributed by atoms with Crippen LogP contribution >= 0.6 is 0 Å². The number of amides is 3. The number of anilines is 2. The van der Waals surface area contributed by atoms with Gasteiger partial charge in [-0.2, -0.15) is 0 Å². The minimum Gasteiger partial charge on any atom is -0.378 e. The van der Waals surface area contributed by atoms with Gasteiger partial charge in [0.15, 0.2) is 0 Å². The normalized spacial score (nSPS) is 11.5. The second-order valence-corrected chi connectivity index (χ2v) is 8.08. The monoisotopic (exact) mass is 472 g/mol. The Morgan fingerprint density at radius 3 is 2.17 bits per heavy atom. The second kappa shape index (κ2) is 12.2. The van der Waals surface area contributed by atoms with Crippen LogP contribution in [0.2, 0.25) is 0 Å². The van der Waals surface area contributed by atoms with Crippen LogP contribution in [0.3, 0.4) is 0 Å². The van der Waals surface area contributed by atoms with E-state index in [9.17, 15) is 14.4 Å². The number of rotatable bonds is 9. The van der Waals surface area contributed by atoms with Crippen molar-refractivity contribution in [1.82, 2.24) is 10.8 Å². The third kappa shape index (κ3) is 7.55. The zero-order valence-electron chi connectivity index (χ0n) is 19.6. The highest BCUT2D eigenvalue weighted by atomic mass is 16.5. The van der Waals surface area contributed by atoms with Crippen molar-refractivity contribution in [3.8, 4) is 0 Å². The molecule has 3 rings (SSSR count). The Balaban J connectivity index is 1.70. The standard InChI is InChI=1S/C27H28N4O4/c1-31(2)23-15-8-19(9-16-23)10-17-25(32)29-24(18-20-6-4-3-5-7-20)27(34)28-22-13-11-21(12-14-22)26(33)30-35/h3-17,24,35H,18H2,1-2H3,(H,28,34)(H,29,32)(H,30,33)/b17-10+/t24-/m0/s1. The summed E-state index contributed by atoms with van der Waals surface area (Å²) in [6.45, 7) is 0. The SMILES string of the molecule is CN(C)c1ccc(/C=C/C(=O)N[C@@H](Cc2ccccc2)C(=O)Nc2ccc(C(=O)NO)cc2)cc1. The number of hydrogen-bond acceptors (Lipinski definition) is 5. The van der Waals surface area contributed by atoms with Gasteiger partial charge in [-0.3, -0.25) is 19.6 Å². The van der Waals surface area contributed by atoms with Crippen LogP contribution in [0, 0.1) is 0 Å². The largest absolute Gasteiger partial charge is 0.378 e. The van der Waals surface area contributed by atoms with Crippen LogP contribution in [0.25, 0.3) is 6.08 Å². The first-order valence-electron chi connectivity index (χ1n) is 11.0. The maximum Gasteiger partial charge on any atom is 0.274 e. The molecule has 0 aliphatic carbocycles. The molecule has 0 unspecified atom stereocenters. The van der Waals surface area contributed by atoms with E-state index in [0.29, 0.717) is 12.1 Å². The van der Waals surface area contributed by atoms with E-state index in [1.807, 2.05) is 73.6 Å². The van der Waals surface area contributed by atoms with E-state index < -0.39 is 23.8 Å². The maximum absolute atomic E-state index is 13.0. The van der Waals surface area contributed by atoms with Crippen molar-refractivity contribution in [2.24, 2.45) is 0 Å². The summed E-state index contributed by atoms with van der Waals surface area (Å²) >= 11 is 0. The van der Waals surface area contributed by atoms with Gasteiger partial charge in [0.1, 0.15) is 6.04 Å². The van der Waals surface area contributed by atoms with Crippen LogP contribution in [0.1, 0.15) is 21.5 Å². The van der Waals surface area contributed by atoms with Gasteiger partial charge in [0.25, 0.3) is 5.91 Å². The molecule has 0 saturated carbocycles. The molecule has 1 atom stereocenters. The van der Waals surface area contributed by atoms with Crippen LogP contribution in [-0.4, -0.2) is 43.1 Å². The van der Waals surface area contributed by atoms with Gasteiger partial charge < -0.3 is 15.5 Å². The molecule has 3 aromatic rings. The van der Waals surface area contributed by atoms with Gasteiger partial charge in [-0.15, -0.1) is 0 Å². The average molecular weight is 473 g/mol. The number of carbonyl (C=O) groups is 3. The number of benzene rings is 3. The van der Waals surface area contributed by atoms with Crippen molar-refractivity contribution < 1.29 is 19.6 Å². The first-order chi connectivity index (χ1) is 16.9. The number of nitrogens with one attached hydrogen (secondary N) is 3. The minimum absolute atomic E-state index is 0.239. The van der Waals surface area contributed by atoms with Gasteiger partial charge in [0.2, 0.25) is 11.8 Å². The summed E-state index contributed by atoms with van der Waals surface area (Å²) in [5.41, 5.74) is 5.06. The van der Waals surface area contributed by atoms with E-state index in [4.69, 9.17) is 5.21 Å². The number of carbonyl (C=O) groups excluding carboxylic acids is 3. The molecular formula is C27H28N4O4. The predicted octanol–water partition coefficient (Wildman–Crippen LogP) is 3.25. The molecule has 35 heavy (non-hydrogen) atoms. The van der Waals surface area contributed by atoms with Crippen molar-refractivity contribution >= 4 is 35.2 Å². The lowest BCUT2D eigenvalue weighted by Crippen LogP contribution is -2.44. The van der Waals surface area contributed by atoms with Crippen LogP contribution in [0.4, 0.5) is 11.4 Å². The fraction of sp³-hybridized carbons (Fsp3) is 0.148. The zero-order valence-corrected chi connectivity index (χ0v) is 19.6. The van der Waals surface area contributed by atoms with Gasteiger partial charge in [-0.05, 0) is 53.6 Å². The highest BCUT2D eigenvalue weighted by molar-refractivity contribution is 6.00. The first kappa shape index (κ1) is 25.2. The van der Waals surface area contributed by atoms with Crippen molar-refractivity contribution in [2.45, 2.75) is 12.5 Å². The van der Waals surface area contributed by atoms with Gasteiger partial charge >= 0.3 is 0 Å². The van der Waals surface area contributed by atoms with E-state index in [1.165, 1.54) is 18.2 Å². The maximum atomic E-state index is 13.0. The molecule has 0 heterocycles. The Morgan fingerprint density at radius 1 is 0.914 bits per heavy atom. The number of hydroxylamine groups is 1. The summed E-state index contributed by atoms with van der Waals surface area (Å²) < 4.78 is 0. The Bertz CT molecular complexity index is 1170. The zero-order chi connectivity index (χ0) is 25.2. The molecule has 8 heteroatoms. The fourth-order valence-corrected chi connectivity index (χ4v) is 3.33. The molecule has 0 saturated heterocycles. The molecular weight excluding hydrogens is 444 g/mol. The molecule has 0 spiro atoms. The number of nitrogens with zero attached hydrogens (tertiary/aromatic N) is 1. The molecule has 3 aromatic carbocycles. The molecule has 0 aromatic heterocycles. The lowest BCUT2D eigenvalue weighted by atomic mass is 10.0. The molecule has 0 bridgehead atoms. The predicted molar refractivity (Wildman–Crippen MR) is 136 cm³/mol. The van der Waals surface area contributed by atoms with Crippen molar-refractivity contribution in [3.63, 3.8) is 0 Å². The van der Waals surface area contributed by atoms with Gasteiger partial charge in [0.05, 0.1) is 0 Å². The van der Waals surface area contributed by atoms with Crippen LogP contribution < -0.4 is 21.0 Å². The lowest BCUT2D eigenvalue weighted by Gasteiger charge is -2.18. The molecule has 0 aliphatic rings. The first-order valence-corrected chi connectivity index (χ1v) is 11.0. The fourth-order valence-electron chi connectivity index (χ4n) is 3.33. The van der Waals surface area contributed by atoms with Crippen molar-refractivity contribution in [3.05, 3.63) is 102 Å². The number of hydrogen-bond donors (Lipinski definition) is 4. The molecule has 4 N–H and O–H groups in total. The molecule has 3 amide bonds. The summed E-state index contributed by atoms with van der Waals surface area (Å²) in [5.74, 6) is -1.45. The third-order valence-electron chi connectivity index (χ3n) is 5.27. The molecule has 0 radical (unpaired) electrons. The highest BCUT2D eigenvalue weighted by Crippen LogP contribution is 2.14. The summed E-state index contributed by atoms with van der Waals surface area (Å²) in [4.78, 5) is 39.2. The topological polar surface area (TPSA) is 111 Å². The van der Waals surface area contributed by atoms with E-state index in [-0.39, 0.29) is 5.56 Å². The van der Waals surface area contributed by atoms with E-state index in [0.717, 1.165) is 16.8 Å². The average Bonchev–Trinajstić information content (AvgIpc) is 2.88. The van der Waals surface area contributed by atoms with Crippen molar-refractivity contribution in [1.29, 1.82) is 0 Å². The quantitative estimate of drug-likeness (QED) is 0.217. The Hall–Kier alpha value is -4.43. The molecule has 0 aliphatic heterocycles. The smallest absolute Gasteiger partial charge is 0.274 e. The Labute approximate surface area is 204 Å². The molecule has 8 nitrogen and oxygen atoms in total. The minimum atomic E-state index is -0.828. The highest BCUT2D eigenvalue weighted by Gasteiger charge is 2.21. The summed E-state index contributed by atoms with van der Waals surface area (Å²) in [5, 5.41) is 14.3. The van der Waals surface area contributed by atoms with E-state index in [2.05, 4.69) is 10.6 Å². The molecule has 0 fully saturated rings. The molecule has 180 valence electrons. The second-order valence-electron chi connectivity index (χ2n) is 8.08. The van der Waals surface area contributed by atoms with Gasteiger partial charge in [0, 0.05) is 43.5 Å². The Kier molecular flexibility index (Phi) is 8.75. The summed E-state index contributed by atoms with van der Waals surface area (Å²) in [6.07, 6.45) is 3.39.